The van der Waals surface area contributed by atoms with Crippen molar-refractivity contribution in [1.82, 2.24) is 9.88 Å². The van der Waals surface area contributed by atoms with Crippen LogP contribution in [0.25, 0.3) is 11.6 Å². The molecular formula is C24H29N5O. The van der Waals surface area contributed by atoms with E-state index in [1.165, 1.54) is 36.9 Å². The Morgan fingerprint density at radius 1 is 1.33 bits per heavy atom. The maximum atomic E-state index is 12.3. The molecule has 6 heteroatoms. The van der Waals surface area contributed by atoms with Crippen molar-refractivity contribution in [2.45, 2.75) is 26.3 Å². The molecule has 1 aromatic heterocycles. The zero-order valence-electron chi connectivity index (χ0n) is 17.3. The van der Waals surface area contributed by atoms with Gasteiger partial charge in [-0.05, 0) is 60.7 Å². The number of benzene rings is 1. The lowest BCUT2D eigenvalue weighted by Gasteiger charge is -2.30. The van der Waals surface area contributed by atoms with Crippen LogP contribution in [0.3, 0.4) is 0 Å². The Bertz CT molecular complexity index is 933. The van der Waals surface area contributed by atoms with E-state index in [2.05, 4.69) is 34.3 Å². The molecule has 0 bridgehead atoms. The second kappa shape index (κ2) is 10.5. The van der Waals surface area contributed by atoms with Crippen LogP contribution < -0.4 is 11.1 Å². The predicted octanol–water partition coefficient (Wildman–Crippen LogP) is 3.91. The van der Waals surface area contributed by atoms with E-state index < -0.39 is 0 Å². The van der Waals surface area contributed by atoms with E-state index in [1.807, 2.05) is 12.1 Å². The first-order valence-corrected chi connectivity index (χ1v) is 10.3. The third-order valence-electron chi connectivity index (χ3n) is 5.28. The minimum Gasteiger partial charge on any atom is -0.404 e. The minimum atomic E-state index is -0.226. The smallest absolute Gasteiger partial charge is 0.248 e. The van der Waals surface area contributed by atoms with Gasteiger partial charge in [0.25, 0.3) is 0 Å². The molecule has 0 spiro atoms. The standard InChI is InChI=1S/C24H29N5O/c1-18-3-2-12-29(16-18)17-19-4-7-22(8-5-19)28-24(30)9-6-20-15-27-11-10-23(20)21(13-25)14-26/h4-11,13-15,18,25H,2-3,12,16-17,26H2,1H3,(H,28,30)/b9-6+,21-14+,25-13?. The Morgan fingerprint density at radius 2 is 2.13 bits per heavy atom. The maximum Gasteiger partial charge on any atom is 0.248 e. The first-order valence-electron chi connectivity index (χ1n) is 10.3. The molecule has 3 rings (SSSR count). The molecule has 1 fully saturated rings. The summed E-state index contributed by atoms with van der Waals surface area (Å²) >= 11 is 0. The Hall–Kier alpha value is -3.25. The number of aromatic nitrogens is 1. The van der Waals surface area contributed by atoms with Gasteiger partial charge in [0, 0.05) is 60.8 Å². The van der Waals surface area contributed by atoms with Crippen LogP contribution in [-0.4, -0.2) is 35.1 Å². The van der Waals surface area contributed by atoms with Crippen molar-refractivity contribution >= 4 is 29.5 Å². The van der Waals surface area contributed by atoms with Crippen molar-refractivity contribution < 1.29 is 4.79 Å². The molecule has 156 valence electrons. The second-order valence-electron chi connectivity index (χ2n) is 7.73. The van der Waals surface area contributed by atoms with Gasteiger partial charge in [-0.2, -0.15) is 0 Å². The van der Waals surface area contributed by atoms with E-state index >= 15 is 0 Å². The lowest BCUT2D eigenvalue weighted by molar-refractivity contribution is -0.111. The molecule has 30 heavy (non-hydrogen) atoms. The summed E-state index contributed by atoms with van der Waals surface area (Å²) < 4.78 is 0. The van der Waals surface area contributed by atoms with E-state index in [0.717, 1.165) is 42.4 Å². The van der Waals surface area contributed by atoms with Gasteiger partial charge in [-0.25, -0.2) is 0 Å². The van der Waals surface area contributed by atoms with Gasteiger partial charge in [0.2, 0.25) is 5.91 Å². The van der Waals surface area contributed by atoms with Gasteiger partial charge in [-0.3, -0.25) is 14.7 Å². The zero-order chi connectivity index (χ0) is 21.3. The molecule has 4 N–H and O–H groups in total. The molecule has 2 aromatic rings. The number of amides is 1. The zero-order valence-corrected chi connectivity index (χ0v) is 17.3. The number of hydrogen-bond donors (Lipinski definition) is 3. The summed E-state index contributed by atoms with van der Waals surface area (Å²) in [6.07, 6.45) is 11.5. The van der Waals surface area contributed by atoms with Gasteiger partial charge in [-0.1, -0.05) is 19.1 Å². The number of carbonyl (C=O) groups is 1. The topological polar surface area (TPSA) is 95.1 Å². The third-order valence-corrected chi connectivity index (χ3v) is 5.28. The average Bonchev–Trinajstić information content (AvgIpc) is 2.75. The van der Waals surface area contributed by atoms with Crippen molar-refractivity contribution in [2.75, 3.05) is 18.4 Å². The van der Waals surface area contributed by atoms with Crippen LogP contribution in [0.4, 0.5) is 5.69 Å². The summed E-state index contributed by atoms with van der Waals surface area (Å²) in [6.45, 7) is 5.57. The first-order chi connectivity index (χ1) is 14.6. The number of anilines is 1. The summed E-state index contributed by atoms with van der Waals surface area (Å²) in [5.41, 5.74) is 9.63. The molecule has 0 saturated carbocycles. The summed E-state index contributed by atoms with van der Waals surface area (Å²) in [4.78, 5) is 18.9. The Kier molecular flexibility index (Phi) is 7.51. The average molecular weight is 404 g/mol. The van der Waals surface area contributed by atoms with E-state index in [0.29, 0.717) is 5.57 Å². The van der Waals surface area contributed by atoms with Gasteiger partial charge in [0.1, 0.15) is 0 Å². The highest BCUT2D eigenvalue weighted by atomic mass is 16.1. The summed E-state index contributed by atoms with van der Waals surface area (Å²) in [5, 5.41) is 10.4. The van der Waals surface area contributed by atoms with Crippen molar-refractivity contribution in [3.8, 4) is 0 Å². The molecule has 2 heterocycles. The fourth-order valence-corrected chi connectivity index (χ4v) is 3.75. The highest BCUT2D eigenvalue weighted by Crippen LogP contribution is 2.19. The highest BCUT2D eigenvalue weighted by Gasteiger charge is 2.16. The summed E-state index contributed by atoms with van der Waals surface area (Å²) in [6, 6.07) is 9.78. The Morgan fingerprint density at radius 3 is 2.83 bits per heavy atom. The van der Waals surface area contributed by atoms with E-state index in [4.69, 9.17) is 11.1 Å². The number of allylic oxidation sites excluding steroid dienone is 1. The van der Waals surface area contributed by atoms with Crippen LogP contribution in [0.5, 0.6) is 0 Å². The molecule has 1 amide bonds. The van der Waals surface area contributed by atoms with Gasteiger partial charge in [0.05, 0.1) is 0 Å². The fourth-order valence-electron chi connectivity index (χ4n) is 3.75. The largest absolute Gasteiger partial charge is 0.404 e. The van der Waals surface area contributed by atoms with Crippen molar-refractivity contribution in [3.63, 3.8) is 0 Å². The Balaban J connectivity index is 1.59. The lowest BCUT2D eigenvalue weighted by Crippen LogP contribution is -2.33. The van der Waals surface area contributed by atoms with Crippen LogP contribution in [0.2, 0.25) is 0 Å². The molecule has 6 nitrogen and oxygen atoms in total. The molecule has 0 aliphatic carbocycles. The van der Waals surface area contributed by atoms with Crippen LogP contribution in [-0.2, 0) is 11.3 Å². The van der Waals surface area contributed by atoms with E-state index in [9.17, 15) is 4.79 Å². The van der Waals surface area contributed by atoms with E-state index in [-0.39, 0.29) is 5.91 Å². The lowest BCUT2D eigenvalue weighted by atomic mass is 10.00. The number of nitrogens with two attached hydrogens (primary N) is 1. The number of carbonyl (C=O) groups excluding carboxylic acids is 1. The SMILES string of the molecule is CC1CCCN(Cc2ccc(NC(=O)/C=C/c3cnccc3/C(C=N)=C/N)cc2)C1. The molecule has 0 radical (unpaired) electrons. The minimum absolute atomic E-state index is 0.226. The summed E-state index contributed by atoms with van der Waals surface area (Å²) in [5.74, 6) is 0.537. The van der Waals surface area contributed by atoms with E-state index in [1.54, 1.807) is 24.5 Å². The molecule has 1 aliphatic rings. The third kappa shape index (κ3) is 5.87. The van der Waals surface area contributed by atoms with Crippen molar-refractivity contribution in [3.05, 3.63) is 71.7 Å². The first kappa shape index (κ1) is 21.5. The van der Waals surface area contributed by atoms with Crippen molar-refractivity contribution in [1.29, 1.82) is 5.41 Å². The van der Waals surface area contributed by atoms with Crippen LogP contribution in [0, 0.1) is 11.3 Å². The van der Waals surface area contributed by atoms with Gasteiger partial charge in [0.15, 0.2) is 0 Å². The molecule has 1 aliphatic heterocycles. The number of pyridine rings is 1. The van der Waals surface area contributed by atoms with Crippen LogP contribution in [0.15, 0.2) is 55.0 Å². The quantitative estimate of drug-likeness (QED) is 0.482. The second-order valence-corrected chi connectivity index (χ2v) is 7.73. The van der Waals surface area contributed by atoms with Gasteiger partial charge in [-0.15, -0.1) is 0 Å². The Labute approximate surface area is 178 Å². The number of hydrogen-bond acceptors (Lipinski definition) is 5. The molecule has 1 saturated heterocycles. The highest BCUT2D eigenvalue weighted by molar-refractivity contribution is 6.10. The monoisotopic (exact) mass is 403 g/mol. The van der Waals surface area contributed by atoms with Crippen molar-refractivity contribution in [2.24, 2.45) is 11.7 Å². The molecular weight excluding hydrogens is 374 g/mol. The predicted molar refractivity (Wildman–Crippen MR) is 123 cm³/mol. The number of nitrogens with one attached hydrogen (secondary N) is 2. The number of likely N-dealkylation sites (tertiary alicyclic amines) is 1. The summed E-state index contributed by atoms with van der Waals surface area (Å²) in [7, 11) is 0. The van der Waals surface area contributed by atoms with Gasteiger partial charge < -0.3 is 16.5 Å². The molecule has 1 aromatic carbocycles. The number of rotatable bonds is 7. The fraction of sp³-hybridized carbons (Fsp3) is 0.292. The normalized spacial score (nSPS) is 17.8. The number of nitrogens with zero attached hydrogens (tertiary/aromatic N) is 2. The van der Waals surface area contributed by atoms with Crippen LogP contribution in [0.1, 0.15) is 36.5 Å². The molecule has 1 unspecified atom stereocenters. The molecule has 1 atom stereocenters. The maximum absolute atomic E-state index is 12.3. The van der Waals surface area contributed by atoms with Gasteiger partial charge >= 0.3 is 0 Å². The number of piperidine rings is 1. The van der Waals surface area contributed by atoms with Crippen LogP contribution >= 0.6 is 0 Å².